The summed E-state index contributed by atoms with van der Waals surface area (Å²) in [6, 6.07) is 5.02. The average Bonchev–Trinajstić information content (AvgIpc) is 2.82. The molecule has 1 unspecified atom stereocenters. The third kappa shape index (κ3) is 1.51. The molecule has 90 valence electrons. The molecule has 0 aromatic carbocycles. The molecule has 2 aromatic rings. The smallest absolute Gasteiger partial charge is 0.197 e. The molecule has 1 aliphatic heterocycles. The zero-order valence-corrected chi connectivity index (χ0v) is 9.89. The van der Waals surface area contributed by atoms with E-state index in [2.05, 4.69) is 4.98 Å². The molecule has 0 amide bonds. The van der Waals surface area contributed by atoms with Crippen molar-refractivity contribution in [3.63, 3.8) is 0 Å². The first-order valence-electron chi connectivity index (χ1n) is 5.46. The van der Waals surface area contributed by atoms with Gasteiger partial charge in [-0.05, 0) is 25.0 Å². The lowest BCUT2D eigenvalue weighted by Gasteiger charge is -2.09. The van der Waals surface area contributed by atoms with E-state index in [1.807, 2.05) is 0 Å². The van der Waals surface area contributed by atoms with Crippen LogP contribution in [0.4, 0.5) is 0 Å². The third-order valence-electron chi connectivity index (χ3n) is 3.17. The maximum Gasteiger partial charge on any atom is 0.197 e. The molecule has 1 fully saturated rings. The number of imidazole rings is 1. The number of fused-ring (bicyclic) bond motifs is 1. The molecule has 0 radical (unpaired) electrons. The Labute approximate surface area is 98.6 Å². The summed E-state index contributed by atoms with van der Waals surface area (Å²) < 4.78 is 25.3. The van der Waals surface area contributed by atoms with E-state index in [-0.39, 0.29) is 11.6 Å². The van der Waals surface area contributed by atoms with Crippen molar-refractivity contribution < 1.29 is 13.5 Å². The number of rotatable bonds is 1. The highest BCUT2D eigenvalue weighted by Crippen LogP contribution is 2.35. The van der Waals surface area contributed by atoms with E-state index in [4.69, 9.17) is 0 Å². The summed E-state index contributed by atoms with van der Waals surface area (Å²) in [5.74, 6) is 0.660. The summed E-state index contributed by atoms with van der Waals surface area (Å²) in [6.07, 6.45) is 2.83. The molecular formula is C11H12N2O3S. The lowest BCUT2D eigenvalue weighted by molar-refractivity contribution is 0.442. The number of pyridine rings is 1. The molecule has 1 aliphatic rings. The third-order valence-corrected chi connectivity index (χ3v) is 5.35. The van der Waals surface area contributed by atoms with Crippen molar-refractivity contribution in [2.24, 2.45) is 0 Å². The van der Waals surface area contributed by atoms with Crippen molar-refractivity contribution in [1.29, 1.82) is 0 Å². The van der Waals surface area contributed by atoms with Crippen LogP contribution in [0.15, 0.2) is 24.4 Å². The standard InChI is InChI=1S/C11H12N2O3S/c14-10-5-1-3-8-7-12-11(13(8)10)9-4-2-6-17(9,15)16/h1,3,5,7,9,14H,2,4,6H2. The van der Waals surface area contributed by atoms with Crippen LogP contribution in [0.25, 0.3) is 5.52 Å². The summed E-state index contributed by atoms with van der Waals surface area (Å²) in [6.45, 7) is 0. The number of hydrogen-bond donors (Lipinski definition) is 1. The van der Waals surface area contributed by atoms with Crippen molar-refractivity contribution in [2.45, 2.75) is 18.1 Å². The molecule has 1 N–H and O–H groups in total. The van der Waals surface area contributed by atoms with E-state index in [0.717, 1.165) is 0 Å². The second-order valence-corrected chi connectivity index (χ2v) is 6.56. The first-order chi connectivity index (χ1) is 8.09. The van der Waals surface area contributed by atoms with Crippen LogP contribution in [0.2, 0.25) is 0 Å². The largest absolute Gasteiger partial charge is 0.494 e. The fraction of sp³-hybridized carbons (Fsp3) is 0.364. The minimum atomic E-state index is -3.11. The summed E-state index contributed by atoms with van der Waals surface area (Å²) in [4.78, 5) is 4.16. The summed E-state index contributed by atoms with van der Waals surface area (Å²) in [5.41, 5.74) is 0.710. The summed E-state index contributed by atoms with van der Waals surface area (Å²) >= 11 is 0. The molecule has 3 rings (SSSR count). The van der Waals surface area contributed by atoms with Crippen LogP contribution in [-0.4, -0.2) is 28.7 Å². The van der Waals surface area contributed by atoms with Gasteiger partial charge in [0.15, 0.2) is 15.7 Å². The van der Waals surface area contributed by atoms with Gasteiger partial charge in [-0.3, -0.25) is 4.40 Å². The van der Waals surface area contributed by atoms with Gasteiger partial charge in [0, 0.05) is 0 Å². The Morgan fingerprint density at radius 2 is 2.24 bits per heavy atom. The van der Waals surface area contributed by atoms with Crippen molar-refractivity contribution in [2.75, 3.05) is 5.75 Å². The van der Waals surface area contributed by atoms with Gasteiger partial charge in [-0.25, -0.2) is 13.4 Å². The SMILES string of the molecule is O=S1(=O)CCCC1c1ncc2cccc(O)n12. The van der Waals surface area contributed by atoms with Gasteiger partial charge in [0.25, 0.3) is 0 Å². The number of sulfone groups is 1. The minimum absolute atomic E-state index is 0.0251. The summed E-state index contributed by atoms with van der Waals surface area (Å²) in [7, 11) is -3.11. The van der Waals surface area contributed by atoms with Crippen LogP contribution in [0, 0.1) is 0 Å². The highest BCUT2D eigenvalue weighted by molar-refractivity contribution is 7.91. The Morgan fingerprint density at radius 3 is 2.94 bits per heavy atom. The average molecular weight is 252 g/mol. The molecule has 0 saturated carbocycles. The monoisotopic (exact) mass is 252 g/mol. The van der Waals surface area contributed by atoms with Crippen LogP contribution >= 0.6 is 0 Å². The van der Waals surface area contributed by atoms with Gasteiger partial charge < -0.3 is 5.11 Å². The summed E-state index contributed by atoms with van der Waals surface area (Å²) in [5, 5.41) is 9.21. The normalized spacial score (nSPS) is 23.2. The number of hydrogen-bond acceptors (Lipinski definition) is 4. The van der Waals surface area contributed by atoms with Crippen LogP contribution in [0.5, 0.6) is 5.88 Å². The Morgan fingerprint density at radius 1 is 1.41 bits per heavy atom. The van der Waals surface area contributed by atoms with Crippen LogP contribution in [0.3, 0.4) is 0 Å². The van der Waals surface area contributed by atoms with E-state index >= 15 is 0 Å². The molecule has 0 spiro atoms. The van der Waals surface area contributed by atoms with Crippen LogP contribution < -0.4 is 0 Å². The number of nitrogens with zero attached hydrogens (tertiary/aromatic N) is 2. The Balaban J connectivity index is 2.25. The molecule has 0 bridgehead atoms. The fourth-order valence-corrected chi connectivity index (χ4v) is 4.23. The van der Waals surface area contributed by atoms with Gasteiger partial charge in [0.2, 0.25) is 0 Å². The molecule has 3 heterocycles. The van der Waals surface area contributed by atoms with Crippen molar-refractivity contribution in [1.82, 2.24) is 9.38 Å². The zero-order valence-electron chi connectivity index (χ0n) is 9.07. The first kappa shape index (κ1) is 10.6. The van der Waals surface area contributed by atoms with Gasteiger partial charge in [0.05, 0.1) is 17.5 Å². The Hall–Kier alpha value is -1.56. The molecule has 0 aliphatic carbocycles. The first-order valence-corrected chi connectivity index (χ1v) is 7.18. The van der Waals surface area contributed by atoms with Crippen molar-refractivity contribution in [3.8, 4) is 5.88 Å². The van der Waals surface area contributed by atoms with Crippen molar-refractivity contribution in [3.05, 3.63) is 30.2 Å². The van der Waals surface area contributed by atoms with Gasteiger partial charge >= 0.3 is 0 Å². The zero-order chi connectivity index (χ0) is 12.0. The van der Waals surface area contributed by atoms with Gasteiger partial charge in [-0.1, -0.05) is 6.07 Å². The van der Waals surface area contributed by atoms with E-state index in [1.165, 1.54) is 10.5 Å². The highest BCUT2D eigenvalue weighted by atomic mass is 32.2. The maximum absolute atomic E-state index is 11.9. The quantitative estimate of drug-likeness (QED) is 0.830. The maximum atomic E-state index is 11.9. The lowest BCUT2D eigenvalue weighted by atomic mass is 10.2. The molecule has 2 aromatic heterocycles. The molecule has 5 nitrogen and oxygen atoms in total. The van der Waals surface area contributed by atoms with E-state index in [9.17, 15) is 13.5 Å². The molecule has 1 atom stereocenters. The lowest BCUT2D eigenvalue weighted by Crippen LogP contribution is -2.11. The molecular weight excluding hydrogens is 240 g/mol. The molecule has 17 heavy (non-hydrogen) atoms. The predicted molar refractivity (Wildman–Crippen MR) is 62.6 cm³/mol. The van der Waals surface area contributed by atoms with E-state index in [1.54, 1.807) is 18.3 Å². The highest BCUT2D eigenvalue weighted by Gasteiger charge is 2.35. The predicted octanol–water partition coefficient (Wildman–Crippen LogP) is 1.29. The molecule has 1 saturated heterocycles. The fourth-order valence-electron chi connectivity index (χ4n) is 2.36. The minimum Gasteiger partial charge on any atom is -0.494 e. The number of aromatic hydroxyl groups is 1. The second-order valence-electron chi connectivity index (χ2n) is 4.26. The topological polar surface area (TPSA) is 71.7 Å². The Kier molecular flexibility index (Phi) is 2.16. The van der Waals surface area contributed by atoms with Crippen LogP contribution in [0.1, 0.15) is 23.9 Å². The van der Waals surface area contributed by atoms with E-state index in [0.29, 0.717) is 24.2 Å². The second kappa shape index (κ2) is 3.46. The Bertz CT molecular complexity index is 675. The number of aromatic nitrogens is 2. The van der Waals surface area contributed by atoms with E-state index < -0.39 is 15.1 Å². The van der Waals surface area contributed by atoms with Crippen molar-refractivity contribution >= 4 is 15.4 Å². The van der Waals surface area contributed by atoms with Gasteiger partial charge in [-0.15, -0.1) is 0 Å². The van der Waals surface area contributed by atoms with Gasteiger partial charge in [0.1, 0.15) is 11.1 Å². The van der Waals surface area contributed by atoms with Crippen LogP contribution in [-0.2, 0) is 9.84 Å². The van der Waals surface area contributed by atoms with Gasteiger partial charge in [-0.2, -0.15) is 0 Å². The molecule has 6 heteroatoms.